The average Bonchev–Trinajstić information content (AvgIpc) is 2.57. The van der Waals surface area contributed by atoms with Gasteiger partial charge in [0, 0.05) is 0 Å². The first-order valence-electron chi connectivity index (χ1n) is 4.11. The summed E-state index contributed by atoms with van der Waals surface area (Å²) in [5, 5.41) is 31.9. The lowest BCUT2D eigenvalue weighted by Gasteiger charge is -1.82. The summed E-state index contributed by atoms with van der Waals surface area (Å²) in [5.41, 5.74) is 0. The maximum Gasteiger partial charge on any atom is 0.385 e. The molecule has 1 rings (SSSR count). The zero-order chi connectivity index (χ0) is 15.6. The van der Waals surface area contributed by atoms with E-state index in [1.54, 1.807) is 0 Å². The molecule has 0 atom stereocenters. The molecule has 11 heteroatoms. The molecule has 1 aliphatic heterocycles. The van der Waals surface area contributed by atoms with Crippen LogP contribution in [0.4, 0.5) is 0 Å². The number of aliphatic hydroxyl groups is 2. The Hall–Kier alpha value is -2.00. The molecule has 0 saturated carbocycles. The third-order valence-electron chi connectivity index (χ3n) is 1.03. The van der Waals surface area contributed by atoms with Crippen molar-refractivity contribution in [2.45, 2.75) is 0 Å². The summed E-state index contributed by atoms with van der Waals surface area (Å²) in [6, 6.07) is 0. The van der Waals surface area contributed by atoms with E-state index >= 15 is 0 Å². The van der Waals surface area contributed by atoms with Gasteiger partial charge in [-0.15, -0.1) is 23.2 Å². The van der Waals surface area contributed by atoms with E-state index in [-0.39, 0.29) is 11.8 Å². The third kappa shape index (κ3) is 9.68. The van der Waals surface area contributed by atoms with Crippen LogP contribution in [0.3, 0.4) is 0 Å². The molecule has 0 fully saturated rings. The highest BCUT2D eigenvalue weighted by Gasteiger charge is 2.32. The second-order valence-electron chi connectivity index (χ2n) is 2.43. The molecule has 0 unspecified atom stereocenters. The van der Waals surface area contributed by atoms with Gasteiger partial charge in [0.1, 0.15) is 11.8 Å². The standard InChI is InChI=1S/C4H2O5.2C2H3ClO2/c5-1-2(6)4(8)9-3(1)7;2*3-1-2(4)5/h5-6H;2*1H2,(H,4,5). The molecule has 0 spiro atoms. The maximum absolute atomic E-state index is 10.1. The molecule has 19 heavy (non-hydrogen) atoms. The average molecular weight is 319 g/mol. The molecule has 0 aromatic rings. The number of carbonyl (C=O) groups is 4. The number of hydrogen-bond acceptors (Lipinski definition) is 7. The van der Waals surface area contributed by atoms with E-state index in [0.29, 0.717) is 0 Å². The molecule has 1 heterocycles. The van der Waals surface area contributed by atoms with E-state index in [9.17, 15) is 19.2 Å². The monoisotopic (exact) mass is 318 g/mol. The summed E-state index contributed by atoms with van der Waals surface area (Å²) in [6.45, 7) is 0. The van der Waals surface area contributed by atoms with Crippen LogP contribution in [0.1, 0.15) is 0 Å². The van der Waals surface area contributed by atoms with Gasteiger partial charge in [0.25, 0.3) is 11.5 Å². The molecule has 0 radical (unpaired) electrons. The first kappa shape index (κ1) is 19.3. The van der Waals surface area contributed by atoms with Gasteiger partial charge in [0.05, 0.1) is 0 Å². The van der Waals surface area contributed by atoms with Gasteiger partial charge in [0.15, 0.2) is 0 Å². The number of hydrogen-bond donors (Lipinski definition) is 4. The van der Waals surface area contributed by atoms with Crippen molar-refractivity contribution in [2.75, 3.05) is 11.8 Å². The van der Waals surface area contributed by atoms with Crippen molar-refractivity contribution in [2.24, 2.45) is 0 Å². The fourth-order valence-electron chi connectivity index (χ4n) is 0.374. The quantitative estimate of drug-likeness (QED) is 0.312. The lowest BCUT2D eigenvalue weighted by molar-refractivity contribution is -0.153. The van der Waals surface area contributed by atoms with Gasteiger partial charge in [-0.2, -0.15) is 0 Å². The molecule has 0 amide bonds. The minimum Gasteiger partial charge on any atom is -0.499 e. The van der Waals surface area contributed by atoms with Gasteiger partial charge < -0.3 is 25.2 Å². The number of alkyl halides is 2. The molecule has 0 saturated heterocycles. The van der Waals surface area contributed by atoms with Gasteiger partial charge in [-0.25, -0.2) is 9.59 Å². The first-order valence-corrected chi connectivity index (χ1v) is 5.18. The zero-order valence-electron chi connectivity index (χ0n) is 9.00. The van der Waals surface area contributed by atoms with Gasteiger partial charge in [0.2, 0.25) is 0 Å². The third-order valence-corrected chi connectivity index (χ3v) is 1.48. The van der Waals surface area contributed by atoms with E-state index in [4.69, 9.17) is 43.6 Å². The number of ether oxygens (including phenoxy) is 1. The Morgan fingerprint density at radius 1 is 0.895 bits per heavy atom. The van der Waals surface area contributed by atoms with E-state index < -0.39 is 35.4 Å². The van der Waals surface area contributed by atoms with Crippen LogP contribution in [0.25, 0.3) is 0 Å². The Balaban J connectivity index is 0. The number of rotatable bonds is 2. The van der Waals surface area contributed by atoms with E-state index in [1.807, 2.05) is 0 Å². The second-order valence-corrected chi connectivity index (χ2v) is 2.96. The van der Waals surface area contributed by atoms with Gasteiger partial charge in [-0.1, -0.05) is 0 Å². The molecule has 0 aromatic carbocycles. The number of cyclic esters (lactones) is 2. The van der Waals surface area contributed by atoms with Crippen LogP contribution in [-0.2, 0) is 23.9 Å². The Morgan fingerprint density at radius 3 is 1.16 bits per heavy atom. The van der Waals surface area contributed by atoms with Crippen LogP contribution in [0.2, 0.25) is 0 Å². The van der Waals surface area contributed by atoms with Crippen LogP contribution < -0.4 is 0 Å². The van der Waals surface area contributed by atoms with Crippen molar-refractivity contribution >= 4 is 47.1 Å². The lowest BCUT2D eigenvalue weighted by Crippen LogP contribution is -2.01. The van der Waals surface area contributed by atoms with Gasteiger partial charge >= 0.3 is 23.9 Å². The summed E-state index contributed by atoms with van der Waals surface area (Å²) >= 11 is 9.47. The van der Waals surface area contributed by atoms with Crippen LogP contribution in [0, 0.1) is 0 Å². The Morgan fingerprint density at radius 2 is 1.11 bits per heavy atom. The minimum atomic E-state index is -1.21. The molecule has 0 aliphatic carbocycles. The largest absolute Gasteiger partial charge is 0.499 e. The Bertz CT molecular complexity index is 365. The SMILES string of the molecule is O=C(O)CCl.O=C(O)CCl.O=C1OC(=O)C(O)=C1O. The van der Waals surface area contributed by atoms with Crippen LogP contribution in [0.5, 0.6) is 0 Å². The lowest BCUT2D eigenvalue weighted by atomic mass is 10.4. The van der Waals surface area contributed by atoms with E-state index in [0.717, 1.165) is 0 Å². The molecule has 0 bridgehead atoms. The Labute approximate surface area is 115 Å². The number of carboxylic acid groups (broad SMARTS) is 2. The molecule has 4 N–H and O–H groups in total. The highest BCUT2D eigenvalue weighted by molar-refractivity contribution is 6.26. The van der Waals surface area contributed by atoms with Crippen molar-refractivity contribution in [3.63, 3.8) is 0 Å². The summed E-state index contributed by atoms with van der Waals surface area (Å²) in [4.78, 5) is 38.6. The highest BCUT2D eigenvalue weighted by atomic mass is 35.5. The zero-order valence-corrected chi connectivity index (χ0v) is 10.5. The predicted octanol–water partition coefficient (Wildman–Crippen LogP) is 0.0170. The van der Waals surface area contributed by atoms with Crippen molar-refractivity contribution < 1.29 is 44.3 Å². The maximum atomic E-state index is 10.1. The number of carbonyl (C=O) groups excluding carboxylic acids is 2. The number of carboxylic acids is 2. The summed E-state index contributed by atoms with van der Waals surface area (Å²) in [7, 11) is 0. The predicted molar refractivity (Wildman–Crippen MR) is 60.1 cm³/mol. The molecular weight excluding hydrogens is 311 g/mol. The molecular formula is C8H8Cl2O9. The fraction of sp³-hybridized carbons (Fsp3) is 0.250. The van der Waals surface area contributed by atoms with E-state index in [1.165, 1.54) is 0 Å². The topological polar surface area (TPSA) is 158 Å². The van der Waals surface area contributed by atoms with Crippen molar-refractivity contribution in [1.29, 1.82) is 0 Å². The van der Waals surface area contributed by atoms with Crippen LogP contribution in [-0.4, -0.2) is 56.1 Å². The molecule has 1 aliphatic rings. The van der Waals surface area contributed by atoms with Crippen LogP contribution >= 0.6 is 23.2 Å². The van der Waals surface area contributed by atoms with Crippen LogP contribution in [0.15, 0.2) is 11.5 Å². The summed E-state index contributed by atoms with van der Waals surface area (Å²) in [5.74, 6) is -7.05. The number of esters is 2. The smallest absolute Gasteiger partial charge is 0.385 e. The molecule has 0 aromatic heterocycles. The first-order chi connectivity index (χ1) is 8.67. The van der Waals surface area contributed by atoms with Gasteiger partial charge in [-0.3, -0.25) is 9.59 Å². The van der Waals surface area contributed by atoms with Crippen molar-refractivity contribution in [3.8, 4) is 0 Å². The minimum absolute atomic E-state index is 0.306. The number of aliphatic carboxylic acids is 2. The second kappa shape index (κ2) is 9.97. The fourth-order valence-corrected chi connectivity index (χ4v) is 0.374. The summed E-state index contributed by atoms with van der Waals surface area (Å²) in [6.07, 6.45) is 0. The number of halogens is 2. The highest BCUT2D eigenvalue weighted by Crippen LogP contribution is 2.10. The normalized spacial score (nSPS) is 12.7. The van der Waals surface area contributed by atoms with Gasteiger partial charge in [-0.05, 0) is 0 Å². The number of aliphatic hydroxyl groups excluding tert-OH is 2. The molecule has 108 valence electrons. The van der Waals surface area contributed by atoms with Crippen molar-refractivity contribution in [3.05, 3.63) is 11.5 Å². The van der Waals surface area contributed by atoms with Crippen molar-refractivity contribution in [1.82, 2.24) is 0 Å². The Kier molecular flexibility index (Phi) is 10.2. The summed E-state index contributed by atoms with van der Waals surface area (Å²) < 4.78 is 3.73. The molecule has 9 nitrogen and oxygen atoms in total. The van der Waals surface area contributed by atoms with E-state index in [2.05, 4.69) is 4.74 Å².